The van der Waals surface area contributed by atoms with Gasteiger partial charge in [0.15, 0.2) is 0 Å². The van der Waals surface area contributed by atoms with Crippen LogP contribution in [-0.4, -0.2) is 25.7 Å². The Labute approximate surface area is 120 Å². The van der Waals surface area contributed by atoms with Gasteiger partial charge in [0.2, 0.25) is 5.91 Å². The molecule has 0 bridgehead atoms. The van der Waals surface area contributed by atoms with Crippen LogP contribution in [0.1, 0.15) is 24.9 Å². The van der Waals surface area contributed by atoms with Crippen molar-refractivity contribution in [1.82, 2.24) is 5.32 Å². The predicted octanol–water partition coefficient (Wildman–Crippen LogP) is 2.13. The fraction of sp³-hybridized carbons (Fsp3) is 0.462. The first kappa shape index (κ1) is 16.1. The van der Waals surface area contributed by atoms with E-state index in [4.69, 9.17) is 10.5 Å². The molecular formula is C13H18BrFN2O2. The van der Waals surface area contributed by atoms with Crippen LogP contribution in [0.4, 0.5) is 4.39 Å². The molecule has 0 radical (unpaired) electrons. The van der Waals surface area contributed by atoms with Crippen molar-refractivity contribution in [2.75, 3.05) is 13.7 Å². The number of nitrogens with two attached hydrogens (primary N) is 1. The van der Waals surface area contributed by atoms with Gasteiger partial charge in [-0.15, -0.1) is 0 Å². The lowest BCUT2D eigenvalue weighted by Crippen LogP contribution is -2.39. The highest BCUT2D eigenvalue weighted by Crippen LogP contribution is 2.21. The first-order valence-corrected chi connectivity index (χ1v) is 6.74. The number of ether oxygens (including phenoxy) is 1. The van der Waals surface area contributed by atoms with Gasteiger partial charge in [-0.3, -0.25) is 10.1 Å². The molecule has 0 fully saturated rings. The van der Waals surface area contributed by atoms with E-state index in [9.17, 15) is 9.18 Å². The fourth-order valence-electron chi connectivity index (χ4n) is 1.72. The van der Waals surface area contributed by atoms with E-state index in [1.165, 1.54) is 6.07 Å². The van der Waals surface area contributed by atoms with E-state index >= 15 is 0 Å². The quantitative estimate of drug-likeness (QED) is 0.803. The molecule has 0 aliphatic carbocycles. The van der Waals surface area contributed by atoms with Crippen LogP contribution in [0.2, 0.25) is 0 Å². The summed E-state index contributed by atoms with van der Waals surface area (Å²) in [4.78, 5) is 11.5. The van der Waals surface area contributed by atoms with Crippen molar-refractivity contribution < 1.29 is 13.9 Å². The van der Waals surface area contributed by atoms with Gasteiger partial charge in [0.25, 0.3) is 0 Å². The summed E-state index contributed by atoms with van der Waals surface area (Å²) in [6.07, 6.45) is 0.707. The Morgan fingerprint density at radius 2 is 2.26 bits per heavy atom. The van der Waals surface area contributed by atoms with Crippen LogP contribution in [0.3, 0.4) is 0 Å². The van der Waals surface area contributed by atoms with Gasteiger partial charge in [0, 0.05) is 29.8 Å². The second kappa shape index (κ2) is 7.57. The predicted molar refractivity (Wildman–Crippen MR) is 75.1 cm³/mol. The lowest BCUT2D eigenvalue weighted by atomic mass is 10.0. The van der Waals surface area contributed by atoms with Crippen LogP contribution in [0.25, 0.3) is 0 Å². The van der Waals surface area contributed by atoms with Gasteiger partial charge in [-0.1, -0.05) is 22.0 Å². The number of carbonyl (C=O) groups excluding carboxylic acids is 1. The average molecular weight is 333 g/mol. The third-order valence-electron chi connectivity index (χ3n) is 2.76. The van der Waals surface area contributed by atoms with E-state index in [0.29, 0.717) is 17.5 Å². The van der Waals surface area contributed by atoms with Crippen molar-refractivity contribution in [3.8, 4) is 0 Å². The Hall–Kier alpha value is -0.980. The average Bonchev–Trinajstić information content (AvgIpc) is 2.34. The Morgan fingerprint density at radius 1 is 1.58 bits per heavy atom. The molecule has 2 unspecified atom stereocenters. The van der Waals surface area contributed by atoms with Crippen LogP contribution in [0.15, 0.2) is 22.7 Å². The minimum atomic E-state index is -0.847. The highest BCUT2D eigenvalue weighted by atomic mass is 79.9. The van der Waals surface area contributed by atoms with Crippen molar-refractivity contribution in [3.05, 3.63) is 34.1 Å². The smallest absolute Gasteiger partial charge is 0.239 e. The van der Waals surface area contributed by atoms with Gasteiger partial charge < -0.3 is 10.5 Å². The van der Waals surface area contributed by atoms with Crippen molar-refractivity contribution >= 4 is 21.8 Å². The molecule has 0 aliphatic rings. The molecule has 0 aliphatic heterocycles. The molecule has 0 saturated carbocycles. The maximum Gasteiger partial charge on any atom is 0.239 e. The van der Waals surface area contributed by atoms with Crippen molar-refractivity contribution in [2.45, 2.75) is 25.4 Å². The number of benzene rings is 1. The Morgan fingerprint density at radius 3 is 2.79 bits per heavy atom. The van der Waals surface area contributed by atoms with E-state index in [2.05, 4.69) is 21.2 Å². The number of hydrogen-bond donors (Lipinski definition) is 2. The molecule has 0 saturated heterocycles. The van der Waals surface area contributed by atoms with Gasteiger partial charge in [-0.05, 0) is 25.5 Å². The Bertz CT molecular complexity index is 443. The highest BCUT2D eigenvalue weighted by molar-refractivity contribution is 9.10. The van der Waals surface area contributed by atoms with E-state index in [1.54, 1.807) is 19.2 Å². The van der Waals surface area contributed by atoms with Crippen LogP contribution in [-0.2, 0) is 9.53 Å². The zero-order chi connectivity index (χ0) is 14.4. The maximum absolute atomic E-state index is 13.9. The number of primary amides is 1. The first-order valence-electron chi connectivity index (χ1n) is 5.95. The van der Waals surface area contributed by atoms with Crippen LogP contribution >= 0.6 is 15.9 Å². The fourth-order valence-corrected chi connectivity index (χ4v) is 2.06. The van der Waals surface area contributed by atoms with Gasteiger partial charge in [-0.25, -0.2) is 4.39 Å². The topological polar surface area (TPSA) is 64.3 Å². The molecule has 0 spiro atoms. The monoisotopic (exact) mass is 332 g/mol. The highest BCUT2D eigenvalue weighted by Gasteiger charge is 2.22. The van der Waals surface area contributed by atoms with Gasteiger partial charge in [0.1, 0.15) is 11.9 Å². The number of amides is 1. The Balaban J connectivity index is 2.85. The molecule has 1 aromatic carbocycles. The third kappa shape index (κ3) is 4.89. The number of methoxy groups -OCH3 is 1. The van der Waals surface area contributed by atoms with Crippen molar-refractivity contribution in [3.63, 3.8) is 0 Å². The molecule has 6 heteroatoms. The molecule has 106 valence electrons. The number of rotatable bonds is 7. The second-order valence-electron chi connectivity index (χ2n) is 4.35. The number of hydrogen-bond acceptors (Lipinski definition) is 3. The first-order chi connectivity index (χ1) is 8.95. The second-order valence-corrected chi connectivity index (χ2v) is 5.27. The lowest BCUT2D eigenvalue weighted by Gasteiger charge is -2.21. The number of halogens is 2. The van der Waals surface area contributed by atoms with Gasteiger partial charge in [0.05, 0.1) is 0 Å². The summed E-state index contributed by atoms with van der Waals surface area (Å²) in [5, 5.41) is 3.02. The molecule has 1 amide bonds. The maximum atomic E-state index is 13.9. The molecule has 0 heterocycles. The summed E-state index contributed by atoms with van der Waals surface area (Å²) >= 11 is 3.17. The molecular weight excluding hydrogens is 315 g/mol. The Kier molecular flexibility index (Phi) is 6.41. The molecule has 19 heavy (non-hydrogen) atoms. The SMILES string of the molecule is COCCC(C)NC(C(N)=O)c1ccc(Br)cc1F. The summed E-state index contributed by atoms with van der Waals surface area (Å²) in [5.41, 5.74) is 5.59. The summed E-state index contributed by atoms with van der Waals surface area (Å²) in [5.74, 6) is -1.07. The lowest BCUT2D eigenvalue weighted by molar-refractivity contribution is -0.120. The summed E-state index contributed by atoms with van der Waals surface area (Å²) in [6, 6.07) is 3.67. The third-order valence-corrected chi connectivity index (χ3v) is 3.26. The molecule has 2 atom stereocenters. The van der Waals surface area contributed by atoms with Gasteiger partial charge >= 0.3 is 0 Å². The van der Waals surface area contributed by atoms with E-state index in [0.717, 1.165) is 0 Å². The molecule has 1 aromatic rings. The van der Waals surface area contributed by atoms with E-state index in [-0.39, 0.29) is 11.6 Å². The molecule has 0 aromatic heterocycles. The molecule has 3 N–H and O–H groups in total. The van der Waals surface area contributed by atoms with E-state index < -0.39 is 17.8 Å². The standard InChI is InChI=1S/C13H18BrFN2O2/c1-8(5-6-19-2)17-12(13(16)18)10-4-3-9(14)7-11(10)15/h3-4,7-8,12,17H,5-6H2,1-2H3,(H2,16,18). The largest absolute Gasteiger partial charge is 0.385 e. The van der Waals surface area contributed by atoms with Crippen LogP contribution in [0, 0.1) is 5.82 Å². The van der Waals surface area contributed by atoms with Crippen molar-refractivity contribution in [1.29, 1.82) is 0 Å². The molecule has 4 nitrogen and oxygen atoms in total. The zero-order valence-electron chi connectivity index (χ0n) is 11.0. The minimum Gasteiger partial charge on any atom is -0.385 e. The summed E-state index contributed by atoms with van der Waals surface area (Å²) < 4.78 is 19.4. The van der Waals surface area contributed by atoms with Crippen molar-refractivity contribution in [2.24, 2.45) is 5.73 Å². The molecule has 1 rings (SSSR count). The minimum absolute atomic E-state index is 0.0134. The normalized spacial score (nSPS) is 14.1. The van der Waals surface area contributed by atoms with Gasteiger partial charge in [-0.2, -0.15) is 0 Å². The van der Waals surface area contributed by atoms with E-state index in [1.807, 2.05) is 6.92 Å². The summed E-state index contributed by atoms with van der Waals surface area (Å²) in [7, 11) is 1.60. The summed E-state index contributed by atoms with van der Waals surface area (Å²) in [6.45, 7) is 2.45. The number of carbonyl (C=O) groups is 1. The van der Waals surface area contributed by atoms with Crippen LogP contribution in [0.5, 0.6) is 0 Å². The van der Waals surface area contributed by atoms with Crippen LogP contribution < -0.4 is 11.1 Å². The number of nitrogens with one attached hydrogen (secondary N) is 1. The zero-order valence-corrected chi connectivity index (χ0v) is 12.5.